The molecule has 1 saturated carbocycles. The van der Waals surface area contributed by atoms with E-state index in [1.54, 1.807) is 0 Å². The van der Waals surface area contributed by atoms with Crippen molar-refractivity contribution in [1.82, 2.24) is 4.90 Å². The molecular formula is C18H22BrN. The Hall–Kier alpha value is -0.860. The van der Waals surface area contributed by atoms with Gasteiger partial charge in [-0.15, -0.1) is 0 Å². The maximum absolute atomic E-state index is 3.62. The van der Waals surface area contributed by atoms with Gasteiger partial charge in [0, 0.05) is 24.5 Å². The zero-order valence-corrected chi connectivity index (χ0v) is 13.5. The number of alkyl halides is 1. The van der Waals surface area contributed by atoms with Crippen LogP contribution in [0.1, 0.15) is 31.2 Å². The third kappa shape index (κ3) is 3.07. The van der Waals surface area contributed by atoms with Crippen molar-refractivity contribution >= 4 is 26.7 Å². The van der Waals surface area contributed by atoms with Crippen LogP contribution in [0, 0.1) is 0 Å². The number of halogens is 1. The lowest BCUT2D eigenvalue weighted by Crippen LogP contribution is -2.34. The molecule has 0 unspecified atom stereocenters. The molecule has 1 fully saturated rings. The van der Waals surface area contributed by atoms with Crippen LogP contribution in [0.25, 0.3) is 10.8 Å². The first-order chi connectivity index (χ1) is 9.88. The van der Waals surface area contributed by atoms with E-state index in [4.69, 9.17) is 0 Å². The standard InChI is InChI=1S/C18H22BrN/c19-12-13-20(17-9-2-3-10-17)14-16-8-5-7-15-6-1-4-11-18(15)16/h1,4-8,11,17H,2-3,9-10,12-14H2. The summed E-state index contributed by atoms with van der Waals surface area (Å²) < 4.78 is 0. The van der Waals surface area contributed by atoms with E-state index in [1.807, 2.05) is 0 Å². The van der Waals surface area contributed by atoms with Crippen molar-refractivity contribution < 1.29 is 0 Å². The molecule has 0 N–H and O–H groups in total. The van der Waals surface area contributed by atoms with Gasteiger partial charge >= 0.3 is 0 Å². The maximum atomic E-state index is 3.62. The van der Waals surface area contributed by atoms with Gasteiger partial charge < -0.3 is 0 Å². The summed E-state index contributed by atoms with van der Waals surface area (Å²) in [7, 11) is 0. The highest BCUT2D eigenvalue weighted by Gasteiger charge is 2.22. The number of nitrogens with zero attached hydrogens (tertiary/aromatic N) is 1. The predicted molar refractivity (Wildman–Crippen MR) is 90.4 cm³/mol. The molecule has 0 amide bonds. The van der Waals surface area contributed by atoms with E-state index in [0.717, 1.165) is 24.5 Å². The lowest BCUT2D eigenvalue weighted by molar-refractivity contribution is 0.203. The van der Waals surface area contributed by atoms with Gasteiger partial charge in [0.2, 0.25) is 0 Å². The van der Waals surface area contributed by atoms with Crippen LogP contribution in [0.2, 0.25) is 0 Å². The van der Waals surface area contributed by atoms with Gasteiger partial charge in [0.25, 0.3) is 0 Å². The van der Waals surface area contributed by atoms with Crippen molar-refractivity contribution in [3.63, 3.8) is 0 Å². The van der Waals surface area contributed by atoms with Gasteiger partial charge in [-0.2, -0.15) is 0 Å². The maximum Gasteiger partial charge on any atom is 0.0243 e. The second-order valence-electron chi connectivity index (χ2n) is 5.74. The number of hydrogen-bond donors (Lipinski definition) is 0. The first-order valence-electron chi connectivity index (χ1n) is 7.65. The Balaban J connectivity index is 1.86. The molecule has 3 rings (SSSR count). The minimum absolute atomic E-state index is 0.784. The van der Waals surface area contributed by atoms with Crippen LogP contribution in [0.3, 0.4) is 0 Å². The Morgan fingerprint density at radius 2 is 1.75 bits per heavy atom. The highest BCUT2D eigenvalue weighted by atomic mass is 79.9. The quantitative estimate of drug-likeness (QED) is 0.698. The Morgan fingerprint density at radius 1 is 1.00 bits per heavy atom. The molecule has 1 aliphatic rings. The minimum Gasteiger partial charge on any atom is -0.295 e. The van der Waals surface area contributed by atoms with Gasteiger partial charge in [0.1, 0.15) is 0 Å². The first kappa shape index (κ1) is 14.1. The fourth-order valence-electron chi connectivity index (χ4n) is 3.42. The van der Waals surface area contributed by atoms with E-state index < -0.39 is 0 Å². The van der Waals surface area contributed by atoms with Crippen LogP contribution in [-0.4, -0.2) is 22.8 Å². The summed E-state index contributed by atoms with van der Waals surface area (Å²) in [5.74, 6) is 0. The van der Waals surface area contributed by atoms with E-state index in [2.05, 4.69) is 63.3 Å². The summed E-state index contributed by atoms with van der Waals surface area (Å²) in [6.45, 7) is 2.23. The topological polar surface area (TPSA) is 3.24 Å². The smallest absolute Gasteiger partial charge is 0.0243 e. The van der Waals surface area contributed by atoms with E-state index in [9.17, 15) is 0 Å². The first-order valence-corrected chi connectivity index (χ1v) is 8.77. The molecule has 0 bridgehead atoms. The highest BCUT2D eigenvalue weighted by Crippen LogP contribution is 2.27. The molecule has 2 heteroatoms. The highest BCUT2D eigenvalue weighted by molar-refractivity contribution is 9.09. The van der Waals surface area contributed by atoms with Crippen molar-refractivity contribution in [1.29, 1.82) is 0 Å². The SMILES string of the molecule is BrCCN(Cc1cccc2ccccc12)C1CCCC1. The van der Waals surface area contributed by atoms with Gasteiger partial charge in [-0.05, 0) is 29.2 Å². The average molecular weight is 332 g/mol. The number of rotatable bonds is 5. The second kappa shape index (κ2) is 6.73. The molecule has 0 spiro atoms. The summed E-state index contributed by atoms with van der Waals surface area (Å²) in [6, 6.07) is 16.2. The molecule has 0 radical (unpaired) electrons. The molecule has 0 atom stereocenters. The second-order valence-corrected chi connectivity index (χ2v) is 6.53. The van der Waals surface area contributed by atoms with Crippen LogP contribution in [-0.2, 0) is 6.54 Å². The van der Waals surface area contributed by atoms with Crippen molar-refractivity contribution in [2.45, 2.75) is 38.3 Å². The van der Waals surface area contributed by atoms with E-state index in [1.165, 1.54) is 42.0 Å². The summed E-state index contributed by atoms with van der Waals surface area (Å²) >= 11 is 3.62. The Kier molecular flexibility index (Phi) is 4.74. The molecule has 0 heterocycles. The molecule has 2 aromatic carbocycles. The fourth-order valence-corrected chi connectivity index (χ4v) is 3.87. The van der Waals surface area contributed by atoms with Crippen LogP contribution in [0.5, 0.6) is 0 Å². The van der Waals surface area contributed by atoms with Gasteiger partial charge in [-0.1, -0.05) is 71.2 Å². The molecule has 0 aromatic heterocycles. The van der Waals surface area contributed by atoms with Gasteiger partial charge in [0.15, 0.2) is 0 Å². The molecule has 0 aliphatic heterocycles. The third-order valence-corrected chi connectivity index (χ3v) is 4.82. The third-order valence-electron chi connectivity index (χ3n) is 4.47. The normalized spacial score (nSPS) is 16.3. The van der Waals surface area contributed by atoms with E-state index >= 15 is 0 Å². The summed E-state index contributed by atoms with van der Waals surface area (Å²) in [5, 5.41) is 3.83. The summed E-state index contributed by atoms with van der Waals surface area (Å²) in [6.07, 6.45) is 5.55. The van der Waals surface area contributed by atoms with Gasteiger partial charge in [-0.25, -0.2) is 0 Å². The molecule has 0 saturated heterocycles. The Bertz CT molecular complexity index is 555. The molecule has 1 aliphatic carbocycles. The van der Waals surface area contributed by atoms with Crippen molar-refractivity contribution in [2.75, 3.05) is 11.9 Å². The average Bonchev–Trinajstić information content (AvgIpc) is 3.01. The molecule has 2 aromatic rings. The van der Waals surface area contributed by atoms with Gasteiger partial charge in [-0.3, -0.25) is 4.90 Å². The molecule has 1 nitrogen and oxygen atoms in total. The van der Waals surface area contributed by atoms with Crippen molar-refractivity contribution in [3.8, 4) is 0 Å². The molecule has 106 valence electrons. The lowest BCUT2D eigenvalue weighted by atomic mass is 10.0. The van der Waals surface area contributed by atoms with Crippen LogP contribution < -0.4 is 0 Å². The number of benzene rings is 2. The zero-order valence-electron chi connectivity index (χ0n) is 11.9. The van der Waals surface area contributed by atoms with Gasteiger partial charge in [0.05, 0.1) is 0 Å². The zero-order chi connectivity index (χ0) is 13.8. The van der Waals surface area contributed by atoms with E-state index in [-0.39, 0.29) is 0 Å². The fraction of sp³-hybridized carbons (Fsp3) is 0.444. The lowest BCUT2D eigenvalue weighted by Gasteiger charge is -2.28. The van der Waals surface area contributed by atoms with E-state index in [0.29, 0.717) is 0 Å². The number of hydrogen-bond acceptors (Lipinski definition) is 1. The van der Waals surface area contributed by atoms with Crippen LogP contribution in [0.4, 0.5) is 0 Å². The van der Waals surface area contributed by atoms with Crippen LogP contribution in [0.15, 0.2) is 42.5 Å². The largest absolute Gasteiger partial charge is 0.295 e. The monoisotopic (exact) mass is 331 g/mol. The minimum atomic E-state index is 0.784. The van der Waals surface area contributed by atoms with Crippen molar-refractivity contribution in [2.24, 2.45) is 0 Å². The van der Waals surface area contributed by atoms with Crippen molar-refractivity contribution in [3.05, 3.63) is 48.0 Å². The number of fused-ring (bicyclic) bond motifs is 1. The molecule has 20 heavy (non-hydrogen) atoms. The Morgan fingerprint density at radius 3 is 2.55 bits per heavy atom. The molecular weight excluding hydrogens is 310 g/mol. The van der Waals surface area contributed by atoms with Crippen LogP contribution >= 0.6 is 15.9 Å². The summed E-state index contributed by atoms with van der Waals surface area (Å²) in [4.78, 5) is 2.67. The summed E-state index contributed by atoms with van der Waals surface area (Å²) in [5.41, 5.74) is 1.47. The Labute approximate surface area is 130 Å². The predicted octanol–water partition coefficient (Wildman–Crippen LogP) is 4.98.